The van der Waals surface area contributed by atoms with Gasteiger partial charge in [0, 0.05) is 12.4 Å². The smallest absolute Gasteiger partial charge is 0.347 e. The molecular weight excluding hydrogens is 262 g/mol. The van der Waals surface area contributed by atoms with Crippen molar-refractivity contribution in [3.8, 4) is 0 Å². The Morgan fingerprint density at radius 2 is 2.10 bits per heavy atom. The molecule has 0 saturated heterocycles. The van der Waals surface area contributed by atoms with Gasteiger partial charge in [-0.25, -0.2) is 14.6 Å². The van der Waals surface area contributed by atoms with Crippen LogP contribution in [-0.2, 0) is 20.9 Å². The van der Waals surface area contributed by atoms with Crippen LogP contribution in [0.25, 0.3) is 0 Å². The predicted molar refractivity (Wildman–Crippen MR) is 71.9 cm³/mol. The topological polar surface area (TPSA) is 90.3 Å². The standard InChI is InChI=1S/C13H19N3O4/c1-9(11(18)20-13(2,3)4)15-10(17)8-16-7-5-6-14-12(16)19/h5-7,9H,8H2,1-4H3,(H,15,17)/t9-/m1/s1. The number of carbonyl (C=O) groups excluding carboxylic acids is 2. The molecule has 1 heterocycles. The highest BCUT2D eigenvalue weighted by molar-refractivity contribution is 5.84. The Kier molecular flexibility index (Phi) is 5.01. The van der Waals surface area contributed by atoms with E-state index in [1.54, 1.807) is 26.8 Å². The lowest BCUT2D eigenvalue weighted by molar-refractivity contribution is -0.158. The zero-order valence-electron chi connectivity index (χ0n) is 12.0. The third-order valence-corrected chi connectivity index (χ3v) is 2.23. The predicted octanol–water partition coefficient (Wildman–Crippen LogP) is 0.0897. The van der Waals surface area contributed by atoms with E-state index in [0.29, 0.717) is 0 Å². The minimum Gasteiger partial charge on any atom is -0.458 e. The molecule has 1 aromatic rings. The van der Waals surface area contributed by atoms with Crippen LogP contribution in [0.15, 0.2) is 23.3 Å². The van der Waals surface area contributed by atoms with Crippen LogP contribution in [-0.4, -0.2) is 33.1 Å². The number of carbonyl (C=O) groups is 2. The summed E-state index contributed by atoms with van der Waals surface area (Å²) in [5.74, 6) is -0.983. The van der Waals surface area contributed by atoms with Gasteiger partial charge in [0.05, 0.1) is 0 Å². The number of rotatable bonds is 4. The van der Waals surface area contributed by atoms with E-state index in [2.05, 4.69) is 10.3 Å². The molecule has 0 radical (unpaired) electrons. The fourth-order valence-corrected chi connectivity index (χ4v) is 1.40. The molecule has 7 nitrogen and oxygen atoms in total. The summed E-state index contributed by atoms with van der Waals surface area (Å²) in [6.07, 6.45) is 2.80. The normalized spacial score (nSPS) is 12.6. The summed E-state index contributed by atoms with van der Waals surface area (Å²) >= 11 is 0. The van der Waals surface area contributed by atoms with E-state index in [0.717, 1.165) is 4.57 Å². The number of amides is 1. The highest BCUT2D eigenvalue weighted by Crippen LogP contribution is 2.08. The number of esters is 1. The zero-order chi connectivity index (χ0) is 15.3. The molecule has 1 amide bonds. The van der Waals surface area contributed by atoms with Gasteiger partial charge in [0.1, 0.15) is 18.2 Å². The van der Waals surface area contributed by atoms with Crippen molar-refractivity contribution in [2.45, 2.75) is 45.9 Å². The minimum atomic E-state index is -0.783. The van der Waals surface area contributed by atoms with E-state index in [1.165, 1.54) is 19.3 Å². The zero-order valence-corrected chi connectivity index (χ0v) is 12.0. The molecule has 1 N–H and O–H groups in total. The maximum absolute atomic E-state index is 11.7. The summed E-state index contributed by atoms with van der Waals surface area (Å²) in [5.41, 5.74) is -1.14. The Morgan fingerprint density at radius 3 is 2.65 bits per heavy atom. The quantitative estimate of drug-likeness (QED) is 0.790. The number of nitrogens with zero attached hydrogens (tertiary/aromatic N) is 2. The van der Waals surface area contributed by atoms with Gasteiger partial charge in [-0.15, -0.1) is 0 Å². The van der Waals surface area contributed by atoms with Crippen LogP contribution in [0.4, 0.5) is 0 Å². The molecule has 0 unspecified atom stereocenters. The first-order valence-electron chi connectivity index (χ1n) is 6.23. The van der Waals surface area contributed by atoms with Crippen LogP contribution in [0, 0.1) is 0 Å². The highest BCUT2D eigenvalue weighted by Gasteiger charge is 2.22. The van der Waals surface area contributed by atoms with Crippen molar-refractivity contribution in [1.29, 1.82) is 0 Å². The second-order valence-corrected chi connectivity index (χ2v) is 5.35. The summed E-state index contributed by atoms with van der Waals surface area (Å²) in [6, 6.07) is 0.764. The van der Waals surface area contributed by atoms with Crippen molar-refractivity contribution in [3.63, 3.8) is 0 Å². The fraction of sp³-hybridized carbons (Fsp3) is 0.538. The number of aromatic nitrogens is 2. The fourth-order valence-electron chi connectivity index (χ4n) is 1.40. The van der Waals surface area contributed by atoms with Crippen molar-refractivity contribution < 1.29 is 14.3 Å². The molecule has 7 heteroatoms. The first kappa shape index (κ1) is 15.9. The van der Waals surface area contributed by atoms with E-state index in [9.17, 15) is 14.4 Å². The first-order valence-corrected chi connectivity index (χ1v) is 6.23. The summed E-state index contributed by atoms with van der Waals surface area (Å²) in [4.78, 5) is 38.3. The Bertz CT molecular complexity index is 545. The van der Waals surface area contributed by atoms with Gasteiger partial charge in [0.25, 0.3) is 0 Å². The van der Waals surface area contributed by atoms with Crippen LogP contribution in [0.2, 0.25) is 0 Å². The van der Waals surface area contributed by atoms with Gasteiger partial charge >= 0.3 is 11.7 Å². The van der Waals surface area contributed by atoms with Crippen LogP contribution < -0.4 is 11.0 Å². The Hall–Kier alpha value is -2.18. The molecule has 1 atom stereocenters. The number of hydrogen-bond acceptors (Lipinski definition) is 5. The maximum Gasteiger partial charge on any atom is 0.347 e. The third kappa shape index (κ3) is 5.21. The van der Waals surface area contributed by atoms with E-state index < -0.39 is 29.2 Å². The van der Waals surface area contributed by atoms with Crippen LogP contribution in [0.1, 0.15) is 27.7 Å². The van der Waals surface area contributed by atoms with Gasteiger partial charge in [0.15, 0.2) is 0 Å². The van der Waals surface area contributed by atoms with Gasteiger partial charge in [-0.1, -0.05) is 0 Å². The van der Waals surface area contributed by atoms with Crippen molar-refractivity contribution in [2.75, 3.05) is 0 Å². The lowest BCUT2D eigenvalue weighted by Gasteiger charge is -2.22. The number of nitrogens with one attached hydrogen (secondary N) is 1. The second kappa shape index (κ2) is 6.31. The molecule has 0 bridgehead atoms. The molecule has 1 aromatic heterocycles. The molecule has 0 spiro atoms. The van der Waals surface area contributed by atoms with E-state index in [4.69, 9.17) is 4.74 Å². The minimum absolute atomic E-state index is 0.195. The molecule has 110 valence electrons. The van der Waals surface area contributed by atoms with Crippen molar-refractivity contribution in [2.24, 2.45) is 0 Å². The second-order valence-electron chi connectivity index (χ2n) is 5.35. The molecular formula is C13H19N3O4. The largest absolute Gasteiger partial charge is 0.458 e. The van der Waals surface area contributed by atoms with Gasteiger partial charge in [-0.2, -0.15) is 0 Å². The van der Waals surface area contributed by atoms with E-state index >= 15 is 0 Å². The molecule has 1 rings (SSSR count). The maximum atomic E-state index is 11.7. The van der Waals surface area contributed by atoms with E-state index in [-0.39, 0.29) is 6.54 Å². The van der Waals surface area contributed by atoms with Crippen LogP contribution >= 0.6 is 0 Å². The summed E-state index contributed by atoms with van der Waals surface area (Å²) < 4.78 is 6.29. The molecule has 0 saturated carbocycles. The third-order valence-electron chi connectivity index (χ3n) is 2.23. The Balaban J connectivity index is 2.56. The number of ether oxygens (including phenoxy) is 1. The summed E-state index contributed by atoms with van der Waals surface area (Å²) in [5, 5.41) is 2.48. The average molecular weight is 281 g/mol. The van der Waals surface area contributed by atoms with E-state index in [1.807, 2.05) is 0 Å². The lowest BCUT2D eigenvalue weighted by Crippen LogP contribution is -2.44. The lowest BCUT2D eigenvalue weighted by atomic mass is 10.2. The average Bonchev–Trinajstić information content (AvgIpc) is 2.29. The van der Waals surface area contributed by atoms with Crippen LogP contribution in [0.5, 0.6) is 0 Å². The van der Waals surface area contributed by atoms with Gasteiger partial charge < -0.3 is 10.1 Å². The highest BCUT2D eigenvalue weighted by atomic mass is 16.6. The van der Waals surface area contributed by atoms with Gasteiger partial charge in [-0.05, 0) is 33.8 Å². The summed E-state index contributed by atoms with van der Waals surface area (Å²) in [7, 11) is 0. The van der Waals surface area contributed by atoms with Gasteiger partial charge in [-0.3, -0.25) is 9.36 Å². The SMILES string of the molecule is C[C@@H](NC(=O)Cn1cccnc1=O)C(=O)OC(C)(C)C. The van der Waals surface area contributed by atoms with Crippen molar-refractivity contribution >= 4 is 11.9 Å². The number of hydrogen-bond donors (Lipinski definition) is 1. The molecule has 0 aliphatic heterocycles. The monoisotopic (exact) mass is 281 g/mol. The first-order chi connectivity index (χ1) is 9.19. The Morgan fingerprint density at radius 1 is 1.45 bits per heavy atom. The van der Waals surface area contributed by atoms with Gasteiger partial charge in [0.2, 0.25) is 5.91 Å². The molecule has 0 aromatic carbocycles. The summed E-state index contributed by atoms with van der Waals surface area (Å²) in [6.45, 7) is 6.57. The molecule has 0 fully saturated rings. The molecule has 0 aliphatic carbocycles. The Labute approximate surface area is 117 Å². The van der Waals surface area contributed by atoms with Crippen molar-refractivity contribution in [3.05, 3.63) is 28.9 Å². The molecule has 0 aliphatic rings. The molecule has 20 heavy (non-hydrogen) atoms. The van der Waals surface area contributed by atoms with Crippen molar-refractivity contribution in [1.82, 2.24) is 14.9 Å². The van der Waals surface area contributed by atoms with Crippen LogP contribution in [0.3, 0.4) is 0 Å².